The number of aryl methyl sites for hydroxylation is 1. The normalized spacial score (nSPS) is 18.3. The van der Waals surface area contributed by atoms with Crippen LogP contribution in [0.4, 0.5) is 0 Å². The Labute approximate surface area is 121 Å². The van der Waals surface area contributed by atoms with E-state index in [2.05, 4.69) is 24.3 Å². The van der Waals surface area contributed by atoms with Crippen LogP contribution in [-0.2, 0) is 13.5 Å². The number of oxazole rings is 1. The molecule has 0 spiro atoms. The molecule has 2 aromatic carbocycles. The van der Waals surface area contributed by atoms with Gasteiger partial charge in [0, 0.05) is 19.0 Å². The zero-order chi connectivity index (χ0) is 14.6. The summed E-state index contributed by atoms with van der Waals surface area (Å²) in [6, 6.07) is 14.1. The van der Waals surface area contributed by atoms with E-state index >= 15 is 0 Å². The fourth-order valence-electron chi connectivity index (χ4n) is 3.21. The van der Waals surface area contributed by atoms with Crippen molar-refractivity contribution in [2.45, 2.75) is 18.4 Å². The fraction of sp³-hybridized carbons (Fsp3) is 0.235. The Morgan fingerprint density at radius 2 is 2.10 bits per heavy atom. The quantitative estimate of drug-likeness (QED) is 0.784. The summed E-state index contributed by atoms with van der Waals surface area (Å²) in [7, 11) is 1.70. The van der Waals surface area contributed by atoms with Gasteiger partial charge in [-0.15, -0.1) is 0 Å². The summed E-state index contributed by atoms with van der Waals surface area (Å²) in [5, 5.41) is 0. The number of aromatic nitrogens is 1. The smallest absolute Gasteiger partial charge is 0.408 e. The van der Waals surface area contributed by atoms with E-state index in [-0.39, 0.29) is 11.8 Å². The molecule has 106 valence electrons. The lowest BCUT2D eigenvalue weighted by atomic mass is 9.72. The van der Waals surface area contributed by atoms with Crippen LogP contribution in [0, 0.1) is 0 Å². The zero-order valence-electron chi connectivity index (χ0n) is 11.7. The van der Waals surface area contributed by atoms with Gasteiger partial charge in [-0.2, -0.15) is 0 Å². The Hall–Kier alpha value is -2.33. The molecule has 0 bridgehead atoms. The van der Waals surface area contributed by atoms with Crippen LogP contribution in [0.1, 0.15) is 28.7 Å². The van der Waals surface area contributed by atoms with Crippen LogP contribution in [-0.4, -0.2) is 4.57 Å². The molecule has 0 fully saturated rings. The van der Waals surface area contributed by atoms with Gasteiger partial charge < -0.3 is 10.2 Å². The van der Waals surface area contributed by atoms with E-state index in [0.29, 0.717) is 11.5 Å². The molecule has 1 heterocycles. The predicted molar refractivity (Wildman–Crippen MR) is 81.3 cm³/mol. The highest BCUT2D eigenvalue weighted by atomic mass is 16.4. The highest BCUT2D eigenvalue weighted by Gasteiger charge is 2.31. The molecule has 0 saturated heterocycles. The van der Waals surface area contributed by atoms with Gasteiger partial charge in [0.2, 0.25) is 0 Å². The molecular weight excluding hydrogens is 264 g/mol. The van der Waals surface area contributed by atoms with E-state index in [1.165, 1.54) is 15.7 Å². The minimum Gasteiger partial charge on any atom is -0.408 e. The van der Waals surface area contributed by atoms with Crippen molar-refractivity contribution in [3.63, 3.8) is 0 Å². The Morgan fingerprint density at radius 3 is 2.90 bits per heavy atom. The summed E-state index contributed by atoms with van der Waals surface area (Å²) in [4.78, 5) is 11.5. The summed E-state index contributed by atoms with van der Waals surface area (Å²) in [6.45, 7) is 0. The minimum absolute atomic E-state index is 0.0743. The average molecular weight is 280 g/mol. The van der Waals surface area contributed by atoms with Crippen molar-refractivity contribution < 1.29 is 4.42 Å². The molecule has 0 saturated carbocycles. The molecule has 21 heavy (non-hydrogen) atoms. The van der Waals surface area contributed by atoms with E-state index in [0.717, 1.165) is 17.5 Å². The minimum atomic E-state index is -0.343. The number of nitrogens with two attached hydrogens (primary N) is 1. The Kier molecular flexibility index (Phi) is 2.56. The second-order valence-electron chi connectivity index (χ2n) is 5.69. The van der Waals surface area contributed by atoms with Gasteiger partial charge in [-0.3, -0.25) is 4.57 Å². The molecule has 2 N–H and O–H groups in total. The first kappa shape index (κ1) is 12.4. The maximum atomic E-state index is 11.5. The number of fused-ring (bicyclic) bond motifs is 2. The second-order valence-corrected chi connectivity index (χ2v) is 5.69. The molecule has 1 aliphatic rings. The van der Waals surface area contributed by atoms with Crippen LogP contribution >= 0.6 is 0 Å². The van der Waals surface area contributed by atoms with Gasteiger partial charge in [0.05, 0.1) is 5.52 Å². The maximum absolute atomic E-state index is 11.5. The third-order valence-corrected chi connectivity index (χ3v) is 4.53. The molecule has 4 heteroatoms. The lowest BCUT2D eigenvalue weighted by Crippen LogP contribution is -2.28. The van der Waals surface area contributed by atoms with E-state index in [1.807, 2.05) is 18.2 Å². The van der Waals surface area contributed by atoms with Gasteiger partial charge in [-0.25, -0.2) is 4.79 Å². The summed E-state index contributed by atoms with van der Waals surface area (Å²) in [5.74, 6) is -0.00112. The van der Waals surface area contributed by atoms with E-state index < -0.39 is 0 Å². The van der Waals surface area contributed by atoms with Gasteiger partial charge in [0.25, 0.3) is 0 Å². The fourth-order valence-corrected chi connectivity index (χ4v) is 3.21. The molecule has 2 atom stereocenters. The molecule has 3 aromatic rings. The molecule has 4 rings (SSSR count). The number of nitrogens with zero attached hydrogens (tertiary/aromatic N) is 1. The highest BCUT2D eigenvalue weighted by molar-refractivity contribution is 5.74. The Morgan fingerprint density at radius 1 is 1.29 bits per heavy atom. The highest BCUT2D eigenvalue weighted by Crippen LogP contribution is 2.42. The topological polar surface area (TPSA) is 61.2 Å². The number of benzene rings is 2. The van der Waals surface area contributed by atoms with E-state index in [1.54, 1.807) is 7.05 Å². The van der Waals surface area contributed by atoms with Crippen molar-refractivity contribution in [1.82, 2.24) is 4.57 Å². The van der Waals surface area contributed by atoms with Crippen LogP contribution in [0.25, 0.3) is 11.1 Å². The van der Waals surface area contributed by atoms with Crippen molar-refractivity contribution in [2.75, 3.05) is 0 Å². The number of hydrogen-bond donors (Lipinski definition) is 1. The van der Waals surface area contributed by atoms with Crippen LogP contribution in [0.2, 0.25) is 0 Å². The lowest BCUT2D eigenvalue weighted by molar-refractivity contribution is 0.498. The van der Waals surface area contributed by atoms with Crippen LogP contribution in [0.5, 0.6) is 0 Å². The predicted octanol–water partition coefficient (Wildman–Crippen LogP) is 2.47. The Bertz CT molecular complexity index is 891. The second kappa shape index (κ2) is 4.33. The first-order valence-electron chi connectivity index (χ1n) is 7.08. The molecule has 0 amide bonds. The summed E-state index contributed by atoms with van der Waals surface area (Å²) in [5.41, 5.74) is 11.5. The molecule has 0 aliphatic heterocycles. The zero-order valence-corrected chi connectivity index (χ0v) is 11.7. The first-order chi connectivity index (χ1) is 10.1. The van der Waals surface area contributed by atoms with Gasteiger partial charge in [-0.05, 0) is 35.2 Å². The van der Waals surface area contributed by atoms with Crippen LogP contribution in [0.3, 0.4) is 0 Å². The van der Waals surface area contributed by atoms with Crippen molar-refractivity contribution in [3.8, 4) is 0 Å². The van der Waals surface area contributed by atoms with Crippen molar-refractivity contribution in [1.29, 1.82) is 0 Å². The molecule has 1 aliphatic carbocycles. The molecular formula is C17H16N2O2. The first-order valence-corrected chi connectivity index (χ1v) is 7.08. The Balaban J connectivity index is 1.72. The summed E-state index contributed by atoms with van der Waals surface area (Å²) >= 11 is 0. The molecule has 1 aromatic heterocycles. The van der Waals surface area contributed by atoms with Gasteiger partial charge >= 0.3 is 5.76 Å². The van der Waals surface area contributed by atoms with Gasteiger partial charge in [0.1, 0.15) is 0 Å². The molecule has 2 unspecified atom stereocenters. The third-order valence-electron chi connectivity index (χ3n) is 4.53. The maximum Gasteiger partial charge on any atom is 0.419 e. The van der Waals surface area contributed by atoms with Gasteiger partial charge in [0.15, 0.2) is 5.58 Å². The van der Waals surface area contributed by atoms with Crippen molar-refractivity contribution in [2.24, 2.45) is 12.8 Å². The molecule has 0 radical (unpaired) electrons. The number of hydrogen-bond acceptors (Lipinski definition) is 3. The van der Waals surface area contributed by atoms with Gasteiger partial charge in [-0.1, -0.05) is 30.3 Å². The largest absolute Gasteiger partial charge is 0.419 e. The SMILES string of the molecule is Cn1c(=O)oc2cc(C(N)C3Cc4ccccc43)ccc21. The summed E-state index contributed by atoms with van der Waals surface area (Å²) < 4.78 is 6.75. The van der Waals surface area contributed by atoms with E-state index in [4.69, 9.17) is 10.2 Å². The van der Waals surface area contributed by atoms with Crippen molar-refractivity contribution in [3.05, 3.63) is 69.7 Å². The van der Waals surface area contributed by atoms with Crippen molar-refractivity contribution >= 4 is 11.1 Å². The average Bonchev–Trinajstić information content (AvgIpc) is 2.75. The van der Waals surface area contributed by atoms with E-state index in [9.17, 15) is 4.79 Å². The summed E-state index contributed by atoms with van der Waals surface area (Å²) in [6.07, 6.45) is 1.01. The lowest BCUT2D eigenvalue weighted by Gasteiger charge is -2.34. The number of rotatable bonds is 2. The van der Waals surface area contributed by atoms with Crippen LogP contribution < -0.4 is 11.5 Å². The third kappa shape index (κ3) is 1.76. The monoisotopic (exact) mass is 280 g/mol. The molecule has 4 nitrogen and oxygen atoms in total. The van der Waals surface area contributed by atoms with Crippen LogP contribution in [0.15, 0.2) is 51.7 Å². The standard InChI is InChI=1S/C17H16N2O2/c1-19-14-7-6-11(9-15(14)21-17(19)20)16(18)13-8-10-4-2-3-5-12(10)13/h2-7,9,13,16H,8,18H2,1H3.